The van der Waals surface area contributed by atoms with Crippen molar-refractivity contribution in [2.45, 2.75) is 26.7 Å². The van der Waals surface area contributed by atoms with E-state index >= 15 is 0 Å². The van der Waals surface area contributed by atoms with Crippen molar-refractivity contribution in [3.8, 4) is 0 Å². The van der Waals surface area contributed by atoms with E-state index in [0.717, 1.165) is 6.29 Å². The molecule has 0 aliphatic carbocycles. The number of ketones is 1. The maximum absolute atomic E-state index is 10.7. The molecule has 0 unspecified atom stereocenters. The fourth-order valence-electron chi connectivity index (χ4n) is 0.490. The van der Waals surface area contributed by atoms with Crippen LogP contribution in [0.4, 0.5) is 0 Å². The van der Waals surface area contributed by atoms with Gasteiger partial charge in [-0.25, -0.2) is 0 Å². The van der Waals surface area contributed by atoms with E-state index < -0.39 is 0 Å². The Hall–Kier alpha value is 0.404. The average molecular weight is 247 g/mol. The van der Waals surface area contributed by atoms with Crippen molar-refractivity contribution in [2.24, 2.45) is 5.92 Å². The maximum Gasteiger partial charge on any atom is 0.135 e. The first-order valence-electron chi connectivity index (χ1n) is 3.65. The van der Waals surface area contributed by atoms with Gasteiger partial charge in [0, 0.05) is 51.5 Å². The number of carbonyl (C=O) groups is 2. The summed E-state index contributed by atoms with van der Waals surface area (Å²) in [6, 6.07) is 0. The molecule has 0 aromatic carbocycles. The van der Waals surface area contributed by atoms with Crippen LogP contribution in [-0.2, 0) is 42.3 Å². The van der Waals surface area contributed by atoms with Crippen molar-refractivity contribution < 1.29 is 42.3 Å². The van der Waals surface area contributed by atoms with Crippen molar-refractivity contribution in [3.63, 3.8) is 0 Å². The molecule has 0 saturated carbocycles. The van der Waals surface area contributed by atoms with Crippen LogP contribution < -0.4 is 0 Å². The molecule has 0 atom stereocenters. The van der Waals surface area contributed by atoms with Crippen molar-refractivity contribution in [2.75, 3.05) is 7.05 Å². The molecule has 0 aromatic rings. The Morgan fingerprint density at radius 3 is 2.08 bits per heavy atom. The smallest absolute Gasteiger partial charge is 0.135 e. The average Bonchev–Trinajstić information content (AvgIpc) is 2.03. The first kappa shape index (κ1) is 18.2. The molecule has 3 nitrogen and oxygen atoms in total. The van der Waals surface area contributed by atoms with E-state index in [1.165, 1.54) is 7.05 Å². The van der Waals surface area contributed by atoms with E-state index in [0.29, 0.717) is 12.8 Å². The van der Waals surface area contributed by atoms with Gasteiger partial charge in [0.05, 0.1) is 0 Å². The molecule has 0 rings (SSSR count). The number of rotatable bonds is 4. The van der Waals surface area contributed by atoms with Gasteiger partial charge in [0.25, 0.3) is 0 Å². The van der Waals surface area contributed by atoms with E-state index in [9.17, 15) is 9.59 Å². The first-order valence-corrected chi connectivity index (χ1v) is 3.65. The number of nitrogens with one attached hydrogen (secondary N) is 1. The third kappa shape index (κ3) is 13.0. The van der Waals surface area contributed by atoms with E-state index in [1.54, 1.807) is 0 Å². The Balaban J connectivity index is -0.000000249. The minimum absolute atomic E-state index is 0. The van der Waals surface area contributed by atoms with Gasteiger partial charge < -0.3 is 10.5 Å². The summed E-state index contributed by atoms with van der Waals surface area (Å²) in [5.74, 6) is 0.243. The second-order valence-corrected chi connectivity index (χ2v) is 2.33. The van der Waals surface area contributed by atoms with Crippen molar-refractivity contribution in [3.05, 3.63) is 5.73 Å². The molecule has 4 heteroatoms. The minimum Gasteiger partial charge on any atom is -0.680 e. The number of aldehydes is 1. The molecule has 0 aliphatic heterocycles. The third-order valence-corrected chi connectivity index (χ3v) is 1.15. The predicted molar refractivity (Wildman–Crippen MR) is 45.4 cm³/mol. The van der Waals surface area contributed by atoms with Crippen LogP contribution in [0.3, 0.4) is 0 Å². The molecule has 0 aromatic heterocycles. The van der Waals surface area contributed by atoms with Gasteiger partial charge in [-0.15, -0.1) is 0 Å². The van der Waals surface area contributed by atoms with Crippen LogP contribution in [-0.4, -0.2) is 19.1 Å². The monoisotopic (exact) mass is 247 g/mol. The molecule has 0 saturated heterocycles. The Morgan fingerprint density at radius 2 is 1.83 bits per heavy atom. The number of hydrogen-bond acceptors (Lipinski definition) is 2. The first-order chi connectivity index (χ1) is 5.18. The molecule has 0 amide bonds. The Labute approximate surface area is 99.3 Å². The Morgan fingerprint density at radius 1 is 1.42 bits per heavy atom. The zero-order valence-electron chi connectivity index (χ0n) is 7.96. The number of Topliss-reactive ketones (excluding diaryl/α,β-unsaturated/α-hetero) is 1. The summed E-state index contributed by atoms with van der Waals surface area (Å²) in [5, 5.41) is 0. The van der Waals surface area contributed by atoms with Crippen LogP contribution in [0.25, 0.3) is 5.73 Å². The zero-order chi connectivity index (χ0) is 9.28. The second-order valence-electron chi connectivity index (χ2n) is 2.33. The van der Waals surface area contributed by atoms with E-state index in [4.69, 9.17) is 5.73 Å². The van der Waals surface area contributed by atoms with E-state index in [1.807, 2.05) is 13.8 Å². The van der Waals surface area contributed by atoms with Crippen LogP contribution in [0.2, 0.25) is 0 Å². The molecule has 12 heavy (non-hydrogen) atoms. The van der Waals surface area contributed by atoms with Gasteiger partial charge in [0.1, 0.15) is 12.1 Å². The summed E-state index contributed by atoms with van der Waals surface area (Å²) in [5.41, 5.74) is 5.75. The van der Waals surface area contributed by atoms with Crippen LogP contribution in [0.5, 0.6) is 0 Å². The largest absolute Gasteiger partial charge is 0.680 e. The third-order valence-electron chi connectivity index (χ3n) is 1.15. The SMILES string of the molecule is CC(C)C(=O)CCC=O.C[NH-].[Y]. The fourth-order valence-corrected chi connectivity index (χ4v) is 0.490. The van der Waals surface area contributed by atoms with E-state index in [-0.39, 0.29) is 44.4 Å². The van der Waals surface area contributed by atoms with Gasteiger partial charge in [-0.2, -0.15) is 7.05 Å². The molecule has 0 aliphatic rings. The molecule has 0 heterocycles. The molecule has 0 fully saturated rings. The molecular formula is C8H16NO2Y-. The zero-order valence-corrected chi connectivity index (χ0v) is 10.8. The summed E-state index contributed by atoms with van der Waals surface area (Å²) in [6.07, 6.45) is 1.55. The number of hydrogen-bond donors (Lipinski definition) is 0. The van der Waals surface area contributed by atoms with Gasteiger partial charge >= 0.3 is 0 Å². The van der Waals surface area contributed by atoms with Gasteiger partial charge in [-0.3, -0.25) is 4.79 Å². The predicted octanol–water partition coefficient (Wildman–Crippen LogP) is 1.86. The van der Waals surface area contributed by atoms with Crippen LogP contribution in [0.15, 0.2) is 0 Å². The normalized spacial score (nSPS) is 7.75. The molecule has 1 N–H and O–H groups in total. The van der Waals surface area contributed by atoms with Crippen molar-refractivity contribution in [1.82, 2.24) is 0 Å². The Bertz CT molecular complexity index is 116. The number of carbonyl (C=O) groups excluding carboxylic acids is 2. The van der Waals surface area contributed by atoms with Crippen molar-refractivity contribution >= 4 is 12.1 Å². The molecule has 69 valence electrons. The summed E-state index contributed by atoms with van der Waals surface area (Å²) < 4.78 is 0. The summed E-state index contributed by atoms with van der Waals surface area (Å²) in [6.45, 7) is 3.68. The molecule has 0 bridgehead atoms. The van der Waals surface area contributed by atoms with Crippen LogP contribution in [0, 0.1) is 5.92 Å². The van der Waals surface area contributed by atoms with Crippen LogP contribution >= 0.6 is 0 Å². The maximum atomic E-state index is 10.7. The minimum atomic E-state index is 0. The van der Waals surface area contributed by atoms with Crippen molar-refractivity contribution in [1.29, 1.82) is 0 Å². The standard InChI is InChI=1S/C7H12O2.CH4N.Y/c1-6(2)7(9)4-3-5-8;1-2;/h5-6H,3-4H2,1-2H3;2H,1H3;/q;-1;. The summed E-state index contributed by atoms with van der Waals surface area (Å²) >= 11 is 0. The summed E-state index contributed by atoms with van der Waals surface area (Å²) in [7, 11) is 1.25. The molecule has 0 spiro atoms. The Kier molecular flexibility index (Phi) is 21.2. The molecular weight excluding hydrogens is 231 g/mol. The van der Waals surface area contributed by atoms with Gasteiger partial charge in [-0.1, -0.05) is 13.8 Å². The van der Waals surface area contributed by atoms with Gasteiger partial charge in [-0.05, 0) is 0 Å². The fraction of sp³-hybridized carbons (Fsp3) is 0.750. The van der Waals surface area contributed by atoms with Gasteiger partial charge in [0.2, 0.25) is 0 Å². The quantitative estimate of drug-likeness (QED) is 0.712. The van der Waals surface area contributed by atoms with Crippen LogP contribution in [0.1, 0.15) is 26.7 Å². The van der Waals surface area contributed by atoms with E-state index in [2.05, 4.69) is 0 Å². The molecule has 1 radical (unpaired) electrons. The van der Waals surface area contributed by atoms with Gasteiger partial charge in [0.15, 0.2) is 0 Å². The topological polar surface area (TPSA) is 57.9 Å². The summed E-state index contributed by atoms with van der Waals surface area (Å²) in [4.78, 5) is 20.5. The second kappa shape index (κ2) is 14.0.